The van der Waals surface area contributed by atoms with Gasteiger partial charge in [-0.15, -0.1) is 0 Å². The smallest absolute Gasteiger partial charge is 0.404 e. The lowest BCUT2D eigenvalue weighted by Crippen LogP contribution is -2.14. The molecule has 0 radical (unpaired) electrons. The van der Waals surface area contributed by atoms with Crippen LogP contribution in [0.1, 0.15) is 68.9 Å². The summed E-state index contributed by atoms with van der Waals surface area (Å²) in [6.45, 7) is 6.86. The first-order valence-electron chi connectivity index (χ1n) is 8.85. The molecule has 2 rings (SSSR count). The molecule has 0 bridgehead atoms. The summed E-state index contributed by atoms with van der Waals surface area (Å²) in [5.41, 5.74) is 13.5. The highest BCUT2D eigenvalue weighted by Gasteiger charge is 2.16. The van der Waals surface area contributed by atoms with Crippen LogP contribution in [0.4, 0.5) is 4.79 Å². The molecule has 4 N–H and O–H groups in total. The van der Waals surface area contributed by atoms with Gasteiger partial charge in [0.05, 0.1) is 12.6 Å². The van der Waals surface area contributed by atoms with E-state index in [1.807, 2.05) is 0 Å². The van der Waals surface area contributed by atoms with E-state index in [0.29, 0.717) is 37.6 Å². The van der Waals surface area contributed by atoms with Crippen LogP contribution in [0.2, 0.25) is 0 Å². The first kappa shape index (κ1) is 19.9. The number of benzene rings is 1. The van der Waals surface area contributed by atoms with Crippen LogP contribution in [0.15, 0.2) is 28.8 Å². The zero-order valence-corrected chi connectivity index (χ0v) is 15.7. The van der Waals surface area contributed by atoms with Crippen molar-refractivity contribution in [2.24, 2.45) is 11.5 Å². The van der Waals surface area contributed by atoms with Crippen molar-refractivity contribution in [2.75, 3.05) is 6.61 Å². The van der Waals surface area contributed by atoms with Gasteiger partial charge in [-0.1, -0.05) is 50.2 Å². The third-order valence-electron chi connectivity index (χ3n) is 4.14. The molecule has 0 saturated heterocycles. The Morgan fingerprint density at radius 3 is 2.54 bits per heavy atom. The summed E-state index contributed by atoms with van der Waals surface area (Å²) in [7, 11) is 0. The lowest BCUT2D eigenvalue weighted by atomic mass is 9.86. The quantitative estimate of drug-likeness (QED) is 0.698. The fourth-order valence-electron chi connectivity index (χ4n) is 2.56. The highest BCUT2D eigenvalue weighted by molar-refractivity contribution is 5.64. The zero-order valence-electron chi connectivity index (χ0n) is 15.7. The summed E-state index contributed by atoms with van der Waals surface area (Å²) in [5.74, 6) is 1.05. The van der Waals surface area contributed by atoms with E-state index < -0.39 is 6.09 Å². The lowest BCUT2D eigenvalue weighted by molar-refractivity contribution is 0.154. The summed E-state index contributed by atoms with van der Waals surface area (Å²) in [6, 6.07) is 8.13. The van der Waals surface area contributed by atoms with Crippen LogP contribution in [-0.4, -0.2) is 22.8 Å². The van der Waals surface area contributed by atoms with Gasteiger partial charge >= 0.3 is 6.09 Å². The molecule has 7 nitrogen and oxygen atoms in total. The molecule has 0 saturated carbocycles. The number of primary amides is 1. The molecule has 1 heterocycles. The number of unbranched alkanes of at least 4 members (excludes halogenated alkanes) is 1. The Labute approximate surface area is 154 Å². The van der Waals surface area contributed by atoms with Crippen LogP contribution < -0.4 is 11.5 Å². The number of aromatic nitrogens is 2. The fourth-order valence-corrected chi connectivity index (χ4v) is 2.56. The summed E-state index contributed by atoms with van der Waals surface area (Å²) in [5, 5.41) is 4.02. The second kappa shape index (κ2) is 8.80. The van der Waals surface area contributed by atoms with Crippen molar-refractivity contribution in [2.45, 2.75) is 57.9 Å². The number of nitrogens with two attached hydrogens (primary N) is 2. The molecule has 7 heteroatoms. The number of carbonyl (C=O) groups excluding carboxylic acids is 1. The van der Waals surface area contributed by atoms with Crippen LogP contribution in [0, 0.1) is 0 Å². The van der Waals surface area contributed by atoms with Crippen molar-refractivity contribution in [3.63, 3.8) is 0 Å². The van der Waals surface area contributed by atoms with Crippen LogP contribution in [0.25, 0.3) is 0 Å². The predicted molar refractivity (Wildman–Crippen MR) is 98.6 cm³/mol. The van der Waals surface area contributed by atoms with Gasteiger partial charge in [-0.05, 0) is 35.8 Å². The third-order valence-corrected chi connectivity index (χ3v) is 4.14. The maximum atomic E-state index is 10.5. The monoisotopic (exact) mass is 360 g/mol. The molecule has 142 valence electrons. The molecule has 1 amide bonds. The van der Waals surface area contributed by atoms with E-state index in [2.05, 4.69) is 59.9 Å². The van der Waals surface area contributed by atoms with E-state index in [1.165, 1.54) is 5.56 Å². The van der Waals surface area contributed by atoms with Gasteiger partial charge in [0.15, 0.2) is 5.82 Å². The van der Waals surface area contributed by atoms with Gasteiger partial charge in [0, 0.05) is 6.42 Å². The van der Waals surface area contributed by atoms with E-state index in [-0.39, 0.29) is 11.5 Å². The Bertz CT molecular complexity index is 704. The molecule has 0 aliphatic carbocycles. The third kappa shape index (κ3) is 6.15. The highest BCUT2D eigenvalue weighted by Crippen LogP contribution is 2.23. The number of rotatable bonds is 8. The Morgan fingerprint density at radius 1 is 1.23 bits per heavy atom. The van der Waals surface area contributed by atoms with Gasteiger partial charge in [-0.3, -0.25) is 0 Å². The predicted octanol–water partition coefficient (Wildman–Crippen LogP) is 3.22. The Kier molecular flexibility index (Phi) is 6.74. The van der Waals surface area contributed by atoms with Crippen molar-refractivity contribution >= 4 is 6.09 Å². The van der Waals surface area contributed by atoms with Crippen molar-refractivity contribution in [3.05, 3.63) is 47.1 Å². The molecule has 0 fully saturated rings. The van der Waals surface area contributed by atoms with E-state index in [1.54, 1.807) is 0 Å². The number of ether oxygens (including phenoxy) is 1. The first-order valence-corrected chi connectivity index (χ1v) is 8.85. The standard InChI is InChI=1S/C19H28N4O3/c1-19(2,3)14-9-7-13(8-10-14)12-16-22-17(26-23-16)15(20)6-4-5-11-25-18(21)24/h7-10,15H,4-6,11-12,20H2,1-3H3,(H2,21,24). The Hall–Kier alpha value is -2.41. The topological polar surface area (TPSA) is 117 Å². The summed E-state index contributed by atoms with van der Waals surface area (Å²) in [4.78, 5) is 14.9. The first-order chi connectivity index (χ1) is 12.3. The lowest BCUT2D eigenvalue weighted by Gasteiger charge is -2.18. The van der Waals surface area contributed by atoms with Gasteiger partial charge in [0.25, 0.3) is 0 Å². The van der Waals surface area contributed by atoms with Gasteiger partial charge in [-0.2, -0.15) is 4.98 Å². The van der Waals surface area contributed by atoms with Crippen molar-refractivity contribution in [1.82, 2.24) is 10.1 Å². The maximum absolute atomic E-state index is 10.5. The number of carbonyl (C=O) groups is 1. The normalized spacial score (nSPS) is 12.8. The van der Waals surface area contributed by atoms with Crippen LogP contribution in [0.3, 0.4) is 0 Å². The molecular formula is C19H28N4O3. The molecule has 0 aliphatic rings. The van der Waals surface area contributed by atoms with Gasteiger partial charge in [-0.25, -0.2) is 4.79 Å². The largest absolute Gasteiger partial charge is 0.450 e. The summed E-state index contributed by atoms with van der Waals surface area (Å²) < 4.78 is 9.96. The summed E-state index contributed by atoms with van der Waals surface area (Å²) >= 11 is 0. The second-order valence-electron chi connectivity index (χ2n) is 7.44. The van der Waals surface area contributed by atoms with E-state index in [4.69, 9.17) is 16.0 Å². The fraction of sp³-hybridized carbons (Fsp3) is 0.526. The Balaban J connectivity index is 1.84. The number of hydrogen-bond acceptors (Lipinski definition) is 6. The number of hydrogen-bond donors (Lipinski definition) is 2. The zero-order chi connectivity index (χ0) is 19.2. The van der Waals surface area contributed by atoms with E-state index >= 15 is 0 Å². The molecule has 1 aromatic heterocycles. The molecule has 1 aromatic carbocycles. The van der Waals surface area contributed by atoms with Crippen molar-refractivity contribution in [1.29, 1.82) is 0 Å². The SMILES string of the molecule is CC(C)(C)c1ccc(Cc2noc(C(N)CCCCOC(N)=O)n2)cc1. The van der Waals surface area contributed by atoms with Crippen molar-refractivity contribution < 1.29 is 14.1 Å². The van der Waals surface area contributed by atoms with E-state index in [0.717, 1.165) is 12.0 Å². The Morgan fingerprint density at radius 2 is 1.92 bits per heavy atom. The van der Waals surface area contributed by atoms with Gasteiger partial charge < -0.3 is 20.7 Å². The molecule has 0 aliphatic heterocycles. The maximum Gasteiger partial charge on any atom is 0.404 e. The molecule has 26 heavy (non-hydrogen) atoms. The molecule has 2 aromatic rings. The second-order valence-corrected chi connectivity index (χ2v) is 7.44. The molecule has 1 unspecified atom stereocenters. The van der Waals surface area contributed by atoms with Crippen LogP contribution in [0.5, 0.6) is 0 Å². The number of amides is 1. The minimum Gasteiger partial charge on any atom is -0.450 e. The molecular weight excluding hydrogens is 332 g/mol. The molecule has 1 atom stereocenters. The van der Waals surface area contributed by atoms with Gasteiger partial charge in [0.2, 0.25) is 5.89 Å². The average Bonchev–Trinajstić information content (AvgIpc) is 3.02. The molecule has 0 spiro atoms. The average molecular weight is 360 g/mol. The van der Waals surface area contributed by atoms with Gasteiger partial charge in [0.1, 0.15) is 0 Å². The van der Waals surface area contributed by atoms with Crippen molar-refractivity contribution in [3.8, 4) is 0 Å². The van der Waals surface area contributed by atoms with Crippen LogP contribution >= 0.6 is 0 Å². The highest BCUT2D eigenvalue weighted by atomic mass is 16.5. The minimum atomic E-state index is -0.758. The van der Waals surface area contributed by atoms with Crippen LogP contribution in [-0.2, 0) is 16.6 Å². The number of nitrogens with zero attached hydrogens (tertiary/aromatic N) is 2. The van der Waals surface area contributed by atoms with E-state index in [9.17, 15) is 4.79 Å². The summed E-state index contributed by atoms with van der Waals surface area (Å²) in [6.07, 6.45) is 1.99. The minimum absolute atomic E-state index is 0.132.